The van der Waals surface area contributed by atoms with Crippen LogP contribution in [0.2, 0.25) is 0 Å². The van der Waals surface area contributed by atoms with E-state index in [4.69, 9.17) is 0 Å². The minimum absolute atomic E-state index is 0.437. The summed E-state index contributed by atoms with van der Waals surface area (Å²) in [4.78, 5) is 0. The second-order valence-corrected chi connectivity index (χ2v) is 6.04. The van der Waals surface area contributed by atoms with Crippen LogP contribution in [-0.2, 0) is 6.42 Å². The van der Waals surface area contributed by atoms with Crippen molar-refractivity contribution in [3.63, 3.8) is 0 Å². The van der Waals surface area contributed by atoms with Gasteiger partial charge in [-0.3, -0.25) is 0 Å². The monoisotopic (exact) mass is 261 g/mol. The molecular formula is C16H27N3. The summed E-state index contributed by atoms with van der Waals surface area (Å²) in [6.07, 6.45) is 6.38. The van der Waals surface area contributed by atoms with Crippen molar-refractivity contribution in [3.8, 4) is 0 Å². The van der Waals surface area contributed by atoms with Crippen LogP contribution in [-0.4, -0.2) is 17.2 Å². The maximum absolute atomic E-state index is 4.39. The van der Waals surface area contributed by atoms with E-state index in [1.165, 1.54) is 31.2 Å². The molecule has 0 radical (unpaired) electrons. The Hall–Kier alpha value is -0.960. The molecule has 0 spiro atoms. The third-order valence-corrected chi connectivity index (χ3v) is 4.46. The van der Waals surface area contributed by atoms with Gasteiger partial charge in [-0.05, 0) is 56.7 Å². The lowest BCUT2D eigenvalue weighted by Crippen LogP contribution is -2.30. The first kappa shape index (κ1) is 14.4. The van der Waals surface area contributed by atoms with E-state index in [-0.39, 0.29) is 0 Å². The molecule has 106 valence electrons. The second-order valence-electron chi connectivity index (χ2n) is 6.04. The van der Waals surface area contributed by atoms with Gasteiger partial charge in [-0.15, -0.1) is 0 Å². The van der Waals surface area contributed by atoms with Crippen molar-refractivity contribution in [2.24, 2.45) is 11.8 Å². The van der Waals surface area contributed by atoms with Gasteiger partial charge in [0, 0.05) is 6.04 Å². The van der Waals surface area contributed by atoms with E-state index in [0.717, 1.165) is 29.6 Å². The molecule has 0 aromatic carbocycles. The third kappa shape index (κ3) is 3.33. The van der Waals surface area contributed by atoms with Crippen molar-refractivity contribution in [1.82, 2.24) is 15.5 Å². The van der Waals surface area contributed by atoms with Gasteiger partial charge < -0.3 is 5.32 Å². The molecule has 0 saturated heterocycles. The molecule has 3 nitrogen and oxygen atoms in total. The first-order valence-electron chi connectivity index (χ1n) is 7.66. The number of hydrogen-bond acceptors (Lipinski definition) is 3. The molecule has 1 fully saturated rings. The maximum Gasteiger partial charge on any atom is 0.0676 e. The largest absolute Gasteiger partial charge is 0.313 e. The van der Waals surface area contributed by atoms with Gasteiger partial charge in [0.1, 0.15) is 0 Å². The van der Waals surface area contributed by atoms with Crippen molar-refractivity contribution in [3.05, 3.63) is 23.0 Å². The van der Waals surface area contributed by atoms with Crippen LogP contribution >= 0.6 is 0 Å². The quantitative estimate of drug-likeness (QED) is 0.902. The first-order valence-corrected chi connectivity index (χ1v) is 7.66. The van der Waals surface area contributed by atoms with Crippen LogP contribution in [0.5, 0.6) is 0 Å². The van der Waals surface area contributed by atoms with E-state index in [2.05, 4.69) is 42.5 Å². The highest BCUT2D eigenvalue weighted by Crippen LogP contribution is 2.37. The Labute approximate surface area is 117 Å². The predicted octanol–water partition coefficient (Wildman–Crippen LogP) is 3.43. The number of rotatable bonds is 4. The molecule has 1 aliphatic carbocycles. The van der Waals surface area contributed by atoms with Crippen molar-refractivity contribution in [1.29, 1.82) is 0 Å². The lowest BCUT2D eigenvalue weighted by molar-refractivity contribution is 0.229. The van der Waals surface area contributed by atoms with E-state index in [0.29, 0.717) is 6.04 Å². The fraction of sp³-hybridized carbons (Fsp3) is 0.750. The zero-order valence-electron chi connectivity index (χ0n) is 12.7. The van der Waals surface area contributed by atoms with E-state index in [1.807, 2.05) is 6.92 Å². The van der Waals surface area contributed by atoms with Crippen molar-refractivity contribution < 1.29 is 0 Å². The van der Waals surface area contributed by atoms with Gasteiger partial charge in [0.2, 0.25) is 0 Å². The van der Waals surface area contributed by atoms with Gasteiger partial charge in [-0.25, -0.2) is 0 Å². The maximum atomic E-state index is 4.39. The number of nitrogens with one attached hydrogen (secondary N) is 1. The second kappa shape index (κ2) is 6.47. The standard InChI is InChI=1S/C16H27N3/c1-5-15-14(10-12(3)18-19-15)16(17-4)13-8-6-7-11(2)9-13/h10-11,13,16-17H,5-9H2,1-4H3. The Balaban J connectivity index is 2.27. The van der Waals surface area contributed by atoms with Crippen LogP contribution in [0.25, 0.3) is 0 Å². The Bertz CT molecular complexity index is 416. The number of nitrogens with zero attached hydrogens (tertiary/aromatic N) is 2. The summed E-state index contributed by atoms with van der Waals surface area (Å²) in [5, 5.41) is 12.1. The van der Waals surface area contributed by atoms with Gasteiger partial charge in [0.25, 0.3) is 0 Å². The average molecular weight is 261 g/mol. The average Bonchev–Trinajstić information content (AvgIpc) is 2.40. The fourth-order valence-corrected chi connectivity index (χ4v) is 3.51. The first-order chi connectivity index (χ1) is 9.15. The number of aryl methyl sites for hydroxylation is 2. The van der Waals surface area contributed by atoms with E-state index < -0.39 is 0 Å². The van der Waals surface area contributed by atoms with Gasteiger partial charge >= 0.3 is 0 Å². The van der Waals surface area contributed by atoms with Gasteiger partial charge in [-0.1, -0.05) is 26.7 Å². The molecular weight excluding hydrogens is 234 g/mol. The molecule has 3 unspecified atom stereocenters. The molecule has 0 aliphatic heterocycles. The van der Waals surface area contributed by atoms with Crippen molar-refractivity contribution in [2.45, 2.75) is 58.9 Å². The Morgan fingerprint density at radius 1 is 1.37 bits per heavy atom. The highest BCUT2D eigenvalue weighted by Gasteiger charge is 2.28. The summed E-state index contributed by atoms with van der Waals surface area (Å²) in [7, 11) is 2.08. The van der Waals surface area contributed by atoms with Crippen molar-refractivity contribution in [2.75, 3.05) is 7.05 Å². The van der Waals surface area contributed by atoms with E-state index in [9.17, 15) is 0 Å². The topological polar surface area (TPSA) is 37.8 Å². The smallest absolute Gasteiger partial charge is 0.0676 e. The Kier molecular flexibility index (Phi) is 4.92. The molecule has 0 amide bonds. The molecule has 1 aromatic rings. The lowest BCUT2D eigenvalue weighted by Gasteiger charge is -2.34. The summed E-state index contributed by atoms with van der Waals surface area (Å²) in [6.45, 7) is 6.58. The molecule has 1 heterocycles. The minimum atomic E-state index is 0.437. The molecule has 1 N–H and O–H groups in total. The number of aromatic nitrogens is 2. The number of hydrogen-bond donors (Lipinski definition) is 1. The van der Waals surface area contributed by atoms with Crippen LogP contribution in [0, 0.1) is 18.8 Å². The highest BCUT2D eigenvalue weighted by molar-refractivity contribution is 5.25. The molecule has 1 saturated carbocycles. The zero-order chi connectivity index (χ0) is 13.8. The lowest BCUT2D eigenvalue weighted by atomic mass is 9.76. The SMILES string of the molecule is CCc1nnc(C)cc1C(NC)C1CCCC(C)C1. The van der Waals surface area contributed by atoms with Gasteiger partial charge in [0.05, 0.1) is 11.4 Å². The predicted molar refractivity (Wildman–Crippen MR) is 79.1 cm³/mol. The van der Waals surface area contributed by atoms with Gasteiger partial charge in [0.15, 0.2) is 0 Å². The van der Waals surface area contributed by atoms with Crippen LogP contribution in [0.15, 0.2) is 6.07 Å². The Morgan fingerprint density at radius 3 is 2.79 bits per heavy atom. The summed E-state index contributed by atoms with van der Waals surface area (Å²) >= 11 is 0. The summed E-state index contributed by atoms with van der Waals surface area (Å²) in [6, 6.07) is 2.67. The molecule has 3 atom stereocenters. The minimum Gasteiger partial charge on any atom is -0.313 e. The summed E-state index contributed by atoms with van der Waals surface area (Å²) < 4.78 is 0. The Morgan fingerprint density at radius 2 is 2.16 bits per heavy atom. The van der Waals surface area contributed by atoms with Crippen LogP contribution in [0.3, 0.4) is 0 Å². The fourth-order valence-electron chi connectivity index (χ4n) is 3.51. The summed E-state index contributed by atoms with van der Waals surface area (Å²) in [5.74, 6) is 1.60. The molecule has 2 rings (SSSR count). The molecule has 1 aromatic heterocycles. The zero-order valence-corrected chi connectivity index (χ0v) is 12.7. The summed E-state index contributed by atoms with van der Waals surface area (Å²) in [5.41, 5.74) is 3.55. The third-order valence-electron chi connectivity index (χ3n) is 4.46. The van der Waals surface area contributed by atoms with E-state index >= 15 is 0 Å². The normalized spacial score (nSPS) is 25.3. The van der Waals surface area contributed by atoms with Crippen LogP contribution < -0.4 is 5.32 Å². The molecule has 3 heteroatoms. The highest BCUT2D eigenvalue weighted by atomic mass is 15.1. The molecule has 1 aliphatic rings. The van der Waals surface area contributed by atoms with Crippen molar-refractivity contribution >= 4 is 0 Å². The molecule has 19 heavy (non-hydrogen) atoms. The van der Waals surface area contributed by atoms with Crippen LogP contribution in [0.1, 0.15) is 62.5 Å². The van der Waals surface area contributed by atoms with E-state index in [1.54, 1.807) is 0 Å². The van der Waals surface area contributed by atoms with Crippen LogP contribution in [0.4, 0.5) is 0 Å². The van der Waals surface area contributed by atoms with Gasteiger partial charge in [-0.2, -0.15) is 10.2 Å². The molecule has 0 bridgehead atoms.